The van der Waals surface area contributed by atoms with Crippen molar-refractivity contribution in [3.05, 3.63) is 24.4 Å². The number of ether oxygens (including phenoxy) is 1. The molecule has 5 heteroatoms. The van der Waals surface area contributed by atoms with Crippen LogP contribution in [-0.4, -0.2) is 40.9 Å². The number of amides is 1. The van der Waals surface area contributed by atoms with Gasteiger partial charge in [-0.05, 0) is 18.9 Å². The van der Waals surface area contributed by atoms with E-state index < -0.39 is 0 Å². The lowest BCUT2D eigenvalue weighted by molar-refractivity contribution is -0.143. The Kier molecular flexibility index (Phi) is 7.72. The Morgan fingerprint density at radius 3 is 2.57 bits per heavy atom. The molecule has 1 aliphatic carbocycles. The van der Waals surface area contributed by atoms with Crippen LogP contribution in [0, 0.1) is 0 Å². The smallest absolute Gasteiger partial charge is 0.307 e. The van der Waals surface area contributed by atoms with Crippen LogP contribution in [0.25, 0.3) is 0 Å². The van der Waals surface area contributed by atoms with Gasteiger partial charge in [0.25, 0.3) is 5.91 Å². The Morgan fingerprint density at radius 2 is 1.91 bits per heavy atom. The Hall–Kier alpha value is -1.23. The average Bonchev–Trinajstić information content (AvgIpc) is 2.82. The average molecular weight is 337 g/mol. The lowest BCUT2D eigenvalue weighted by atomic mass is 10.0. The van der Waals surface area contributed by atoms with Crippen molar-refractivity contribution in [3.63, 3.8) is 0 Å². The SMILES string of the molecule is C=C1C=CC(=O)N1CCC(=O)OCCSC1CCCCCCC1. The predicted octanol–water partition coefficient (Wildman–Crippen LogP) is 3.68. The van der Waals surface area contributed by atoms with Crippen LogP contribution >= 0.6 is 11.8 Å². The van der Waals surface area contributed by atoms with Crippen LogP contribution in [-0.2, 0) is 14.3 Å². The van der Waals surface area contributed by atoms with E-state index in [1.54, 1.807) is 6.08 Å². The second-order valence-electron chi connectivity index (χ2n) is 6.12. The van der Waals surface area contributed by atoms with E-state index in [9.17, 15) is 9.59 Å². The first-order valence-electron chi connectivity index (χ1n) is 8.62. The summed E-state index contributed by atoms with van der Waals surface area (Å²) in [6.45, 7) is 4.58. The zero-order chi connectivity index (χ0) is 16.5. The molecule has 2 rings (SSSR count). The van der Waals surface area contributed by atoms with Crippen LogP contribution in [0.3, 0.4) is 0 Å². The summed E-state index contributed by atoms with van der Waals surface area (Å²) in [5, 5.41) is 0.727. The Bertz CT molecular complexity index is 435. The maximum atomic E-state index is 11.7. The second-order valence-corrected chi connectivity index (χ2v) is 7.53. The highest BCUT2D eigenvalue weighted by Crippen LogP contribution is 2.26. The molecule has 2 aliphatic rings. The zero-order valence-corrected chi connectivity index (χ0v) is 14.6. The first-order valence-corrected chi connectivity index (χ1v) is 9.67. The van der Waals surface area contributed by atoms with Gasteiger partial charge in [0.2, 0.25) is 0 Å². The highest BCUT2D eigenvalue weighted by atomic mass is 32.2. The molecule has 1 saturated carbocycles. The molecule has 1 heterocycles. The molecule has 0 aromatic heterocycles. The Morgan fingerprint density at radius 1 is 1.22 bits per heavy atom. The van der Waals surface area contributed by atoms with E-state index in [4.69, 9.17) is 4.74 Å². The maximum Gasteiger partial charge on any atom is 0.307 e. The van der Waals surface area contributed by atoms with Crippen LogP contribution in [0.5, 0.6) is 0 Å². The summed E-state index contributed by atoms with van der Waals surface area (Å²) in [4.78, 5) is 24.8. The second kappa shape index (κ2) is 9.81. The standard InChI is InChI=1S/C18H27NO3S/c1-15-9-10-17(20)19(15)12-11-18(21)22-13-14-23-16-7-5-3-2-4-6-8-16/h9-10,16H,1-8,11-14H2. The molecule has 1 fully saturated rings. The number of nitrogens with zero attached hydrogens (tertiary/aromatic N) is 1. The van der Waals surface area contributed by atoms with Crippen molar-refractivity contribution in [3.8, 4) is 0 Å². The van der Waals surface area contributed by atoms with Crippen LogP contribution in [0.1, 0.15) is 51.4 Å². The zero-order valence-electron chi connectivity index (χ0n) is 13.8. The summed E-state index contributed by atoms with van der Waals surface area (Å²) in [6, 6.07) is 0. The summed E-state index contributed by atoms with van der Waals surface area (Å²) < 4.78 is 5.27. The maximum absolute atomic E-state index is 11.7. The van der Waals surface area contributed by atoms with Crippen molar-refractivity contribution in [1.82, 2.24) is 4.90 Å². The summed E-state index contributed by atoms with van der Waals surface area (Å²) in [7, 11) is 0. The predicted molar refractivity (Wildman–Crippen MR) is 94.1 cm³/mol. The summed E-state index contributed by atoms with van der Waals surface area (Å²) in [6.07, 6.45) is 12.7. The lowest BCUT2D eigenvalue weighted by Gasteiger charge is -2.19. The molecule has 4 nitrogen and oxygen atoms in total. The van der Waals surface area contributed by atoms with Crippen LogP contribution in [0.4, 0.5) is 0 Å². The van der Waals surface area contributed by atoms with E-state index in [1.807, 2.05) is 11.8 Å². The summed E-state index contributed by atoms with van der Waals surface area (Å²) in [5.41, 5.74) is 0.641. The van der Waals surface area contributed by atoms with E-state index in [-0.39, 0.29) is 18.3 Å². The molecular weight excluding hydrogens is 310 g/mol. The van der Waals surface area contributed by atoms with Gasteiger partial charge in [0, 0.05) is 29.3 Å². The van der Waals surface area contributed by atoms with E-state index in [1.165, 1.54) is 55.9 Å². The largest absolute Gasteiger partial charge is 0.465 e. The molecule has 0 N–H and O–H groups in total. The van der Waals surface area contributed by atoms with Gasteiger partial charge in [-0.1, -0.05) is 38.7 Å². The molecule has 0 aromatic carbocycles. The van der Waals surface area contributed by atoms with Crippen molar-refractivity contribution in [2.24, 2.45) is 0 Å². The van der Waals surface area contributed by atoms with E-state index in [2.05, 4.69) is 6.58 Å². The summed E-state index contributed by atoms with van der Waals surface area (Å²) >= 11 is 1.94. The molecule has 1 amide bonds. The third-order valence-electron chi connectivity index (χ3n) is 4.32. The van der Waals surface area contributed by atoms with Gasteiger partial charge in [0.1, 0.15) is 6.61 Å². The van der Waals surface area contributed by atoms with Crippen LogP contribution in [0.15, 0.2) is 24.4 Å². The normalized spacial score (nSPS) is 19.7. The lowest BCUT2D eigenvalue weighted by Crippen LogP contribution is -2.27. The number of thioether (sulfide) groups is 1. The Balaban J connectivity index is 1.54. The van der Waals surface area contributed by atoms with Gasteiger partial charge in [-0.2, -0.15) is 11.8 Å². The van der Waals surface area contributed by atoms with Gasteiger partial charge in [-0.3, -0.25) is 9.59 Å². The number of hydrogen-bond acceptors (Lipinski definition) is 4. The highest BCUT2D eigenvalue weighted by molar-refractivity contribution is 7.99. The fourth-order valence-electron chi connectivity index (χ4n) is 2.97. The molecular formula is C18H27NO3S. The fraction of sp³-hybridized carbons (Fsp3) is 0.667. The van der Waals surface area contributed by atoms with E-state index in [0.29, 0.717) is 18.8 Å². The number of hydrogen-bond donors (Lipinski definition) is 0. The van der Waals surface area contributed by atoms with Gasteiger partial charge in [-0.25, -0.2) is 0 Å². The molecule has 128 valence electrons. The minimum atomic E-state index is -0.240. The monoisotopic (exact) mass is 337 g/mol. The van der Waals surface area contributed by atoms with Crippen LogP contribution in [0.2, 0.25) is 0 Å². The summed E-state index contributed by atoms with van der Waals surface area (Å²) in [5.74, 6) is 0.520. The molecule has 0 unspecified atom stereocenters. The van der Waals surface area contributed by atoms with Gasteiger partial charge in [0.15, 0.2) is 0 Å². The molecule has 0 saturated heterocycles. The first-order chi connectivity index (χ1) is 11.2. The minimum absolute atomic E-state index is 0.109. The van der Waals surface area contributed by atoms with Crippen molar-refractivity contribution in [1.29, 1.82) is 0 Å². The Labute approximate surface area is 143 Å². The molecule has 0 spiro atoms. The third-order valence-corrected chi connectivity index (χ3v) is 5.67. The van der Waals surface area contributed by atoms with E-state index >= 15 is 0 Å². The fourth-order valence-corrected chi connectivity index (χ4v) is 4.15. The van der Waals surface area contributed by atoms with Gasteiger partial charge in [0.05, 0.1) is 6.42 Å². The van der Waals surface area contributed by atoms with Crippen LogP contribution < -0.4 is 0 Å². The third kappa shape index (κ3) is 6.42. The molecule has 0 bridgehead atoms. The molecule has 1 aliphatic heterocycles. The van der Waals surface area contributed by atoms with Gasteiger partial charge < -0.3 is 9.64 Å². The molecule has 0 atom stereocenters. The molecule has 23 heavy (non-hydrogen) atoms. The minimum Gasteiger partial charge on any atom is -0.465 e. The number of rotatable bonds is 7. The van der Waals surface area contributed by atoms with Gasteiger partial charge in [-0.15, -0.1) is 0 Å². The van der Waals surface area contributed by atoms with Crippen molar-refractivity contribution in [2.75, 3.05) is 18.9 Å². The number of esters is 1. The number of allylic oxidation sites excluding steroid dienone is 1. The van der Waals surface area contributed by atoms with Gasteiger partial charge >= 0.3 is 5.97 Å². The van der Waals surface area contributed by atoms with Crippen molar-refractivity contribution < 1.29 is 14.3 Å². The number of carbonyl (C=O) groups excluding carboxylic acids is 2. The highest BCUT2D eigenvalue weighted by Gasteiger charge is 2.19. The van der Waals surface area contributed by atoms with Crippen molar-refractivity contribution in [2.45, 2.75) is 56.6 Å². The molecule has 0 radical (unpaired) electrons. The van der Waals surface area contributed by atoms with Crippen molar-refractivity contribution >= 4 is 23.6 Å². The first kappa shape index (κ1) is 18.1. The number of carbonyl (C=O) groups is 2. The van der Waals surface area contributed by atoms with E-state index in [0.717, 1.165) is 11.0 Å². The quantitative estimate of drug-likeness (QED) is 0.525. The topological polar surface area (TPSA) is 46.6 Å². The molecule has 0 aromatic rings.